The van der Waals surface area contributed by atoms with Gasteiger partial charge in [0.25, 0.3) is 0 Å². The third-order valence-corrected chi connectivity index (χ3v) is 6.07. The van der Waals surface area contributed by atoms with Crippen molar-refractivity contribution in [2.75, 3.05) is 12.3 Å². The van der Waals surface area contributed by atoms with Crippen LogP contribution in [-0.4, -0.2) is 34.6 Å². The van der Waals surface area contributed by atoms with Crippen LogP contribution in [0, 0.1) is 5.95 Å². The number of imidazole rings is 1. The van der Waals surface area contributed by atoms with Gasteiger partial charge in [-0.1, -0.05) is 0 Å². The second-order valence-electron chi connectivity index (χ2n) is 6.00. The van der Waals surface area contributed by atoms with Crippen LogP contribution in [0.5, 0.6) is 5.75 Å². The molecular weight excluding hydrogens is 359 g/mol. The number of nitrogen functional groups attached to an aromatic ring is 1. The van der Waals surface area contributed by atoms with Crippen molar-refractivity contribution in [3.63, 3.8) is 0 Å². The Balaban J connectivity index is 2.29. The molecule has 3 aromatic rings. The Labute approximate surface area is 150 Å². The molecule has 0 saturated carbocycles. The molecule has 3 heterocycles. The number of nitrogens with two attached hydrogens (primary N) is 1. The first-order chi connectivity index (χ1) is 12.2. The zero-order valence-corrected chi connectivity index (χ0v) is 15.4. The topological polar surface area (TPSA) is 99.6 Å². The van der Waals surface area contributed by atoms with Gasteiger partial charge >= 0.3 is 0 Å². The first-order valence-corrected chi connectivity index (χ1v) is 9.60. The normalized spacial score (nSPS) is 12.0. The van der Waals surface area contributed by atoms with E-state index in [1.54, 1.807) is 31.2 Å². The molecular formula is C17H19FN4O3S. The van der Waals surface area contributed by atoms with Gasteiger partial charge in [0, 0.05) is 23.9 Å². The molecule has 26 heavy (non-hydrogen) atoms. The van der Waals surface area contributed by atoms with Crippen LogP contribution in [0.2, 0.25) is 0 Å². The molecule has 3 aromatic heterocycles. The Morgan fingerprint density at radius 2 is 2.04 bits per heavy atom. The van der Waals surface area contributed by atoms with Gasteiger partial charge in [-0.15, -0.1) is 0 Å². The number of ether oxygens (including phenoxy) is 1. The summed E-state index contributed by atoms with van der Waals surface area (Å²) in [5.41, 5.74) is 7.03. The minimum absolute atomic E-state index is 0.0240. The van der Waals surface area contributed by atoms with Crippen LogP contribution in [0.15, 0.2) is 35.5 Å². The summed E-state index contributed by atoms with van der Waals surface area (Å²) in [4.78, 5) is 7.84. The first kappa shape index (κ1) is 18.1. The van der Waals surface area contributed by atoms with E-state index < -0.39 is 21.0 Å². The van der Waals surface area contributed by atoms with Crippen LogP contribution in [0.3, 0.4) is 0 Å². The zero-order valence-electron chi connectivity index (χ0n) is 14.6. The second kappa shape index (κ2) is 6.56. The number of aromatic nitrogens is 3. The number of hydrogen-bond donors (Lipinski definition) is 1. The van der Waals surface area contributed by atoms with Crippen molar-refractivity contribution in [1.82, 2.24) is 14.4 Å². The molecule has 0 aromatic carbocycles. The maximum atomic E-state index is 13.6. The molecule has 0 unspecified atom stereocenters. The molecule has 9 heteroatoms. The second-order valence-corrected chi connectivity index (χ2v) is 8.48. The Morgan fingerprint density at radius 3 is 2.65 bits per heavy atom. The number of hydrogen-bond acceptors (Lipinski definition) is 6. The molecule has 0 bridgehead atoms. The van der Waals surface area contributed by atoms with Crippen LogP contribution in [0.4, 0.5) is 10.2 Å². The quantitative estimate of drug-likeness (QED) is 0.685. The Bertz CT molecular complexity index is 1060. The van der Waals surface area contributed by atoms with Gasteiger partial charge in [-0.2, -0.15) is 4.39 Å². The van der Waals surface area contributed by atoms with Gasteiger partial charge in [-0.3, -0.25) is 4.40 Å². The third-order valence-electron chi connectivity index (χ3n) is 3.91. The highest BCUT2D eigenvalue weighted by Crippen LogP contribution is 2.31. The largest absolute Gasteiger partial charge is 0.492 e. The molecule has 0 aliphatic heterocycles. The molecule has 0 saturated heterocycles. The fraction of sp³-hybridized carbons (Fsp3) is 0.294. The highest BCUT2D eigenvalue weighted by molar-refractivity contribution is 7.92. The van der Waals surface area contributed by atoms with Crippen LogP contribution in [0.1, 0.15) is 20.8 Å². The van der Waals surface area contributed by atoms with Crippen LogP contribution < -0.4 is 10.5 Å². The van der Waals surface area contributed by atoms with Crippen molar-refractivity contribution in [2.24, 2.45) is 0 Å². The van der Waals surface area contributed by atoms with Crippen molar-refractivity contribution in [1.29, 1.82) is 0 Å². The molecule has 0 fully saturated rings. The Hall–Kier alpha value is -2.68. The van der Waals surface area contributed by atoms with E-state index in [9.17, 15) is 12.8 Å². The maximum absolute atomic E-state index is 13.6. The summed E-state index contributed by atoms with van der Waals surface area (Å²) in [5.74, 6) is -0.460. The van der Waals surface area contributed by atoms with Gasteiger partial charge in [-0.25, -0.2) is 18.4 Å². The molecule has 0 radical (unpaired) electrons. The minimum atomic E-state index is -3.60. The monoisotopic (exact) mass is 378 g/mol. The van der Waals surface area contributed by atoms with Crippen molar-refractivity contribution < 1.29 is 17.5 Å². The SMILES string of the molecule is CCOc1cc2ncc(-c3cc(N)nc(F)c3)n2cc1S(=O)(=O)C(C)C. The number of nitrogens with zero attached hydrogens (tertiary/aromatic N) is 3. The smallest absolute Gasteiger partial charge is 0.215 e. The minimum Gasteiger partial charge on any atom is -0.492 e. The fourth-order valence-electron chi connectivity index (χ4n) is 2.60. The van der Waals surface area contributed by atoms with E-state index in [0.29, 0.717) is 23.5 Å². The van der Waals surface area contributed by atoms with Crippen molar-refractivity contribution in [3.05, 3.63) is 36.5 Å². The first-order valence-electron chi connectivity index (χ1n) is 8.05. The van der Waals surface area contributed by atoms with E-state index in [2.05, 4.69) is 9.97 Å². The molecule has 0 amide bonds. The standard InChI is InChI=1S/C17H19FN4O3S/c1-4-25-13-7-17-20-8-12(11-5-15(18)21-16(19)6-11)22(17)9-14(13)26(23,24)10(2)3/h5-10H,4H2,1-3H3,(H2,19,21). The lowest BCUT2D eigenvalue weighted by Gasteiger charge is -2.14. The fourth-order valence-corrected chi connectivity index (χ4v) is 3.76. The third kappa shape index (κ3) is 3.10. The lowest BCUT2D eigenvalue weighted by molar-refractivity contribution is 0.330. The lowest BCUT2D eigenvalue weighted by atomic mass is 10.2. The van der Waals surface area contributed by atoms with E-state index in [-0.39, 0.29) is 16.5 Å². The predicted octanol–water partition coefficient (Wildman–Crippen LogP) is 2.70. The van der Waals surface area contributed by atoms with Gasteiger partial charge in [0.2, 0.25) is 5.95 Å². The number of anilines is 1. The highest BCUT2D eigenvalue weighted by atomic mass is 32.2. The number of fused-ring (bicyclic) bond motifs is 1. The van der Waals surface area contributed by atoms with Gasteiger partial charge in [0.15, 0.2) is 9.84 Å². The van der Waals surface area contributed by atoms with E-state index in [0.717, 1.165) is 0 Å². The number of halogens is 1. The van der Waals surface area contributed by atoms with Gasteiger partial charge in [0.1, 0.15) is 22.1 Å². The van der Waals surface area contributed by atoms with Crippen molar-refractivity contribution in [3.8, 4) is 17.0 Å². The summed E-state index contributed by atoms with van der Waals surface area (Å²) in [6, 6.07) is 4.27. The van der Waals surface area contributed by atoms with E-state index in [1.165, 1.54) is 24.5 Å². The van der Waals surface area contributed by atoms with Crippen molar-refractivity contribution in [2.45, 2.75) is 30.9 Å². The van der Waals surface area contributed by atoms with E-state index >= 15 is 0 Å². The molecule has 0 aliphatic carbocycles. The Morgan fingerprint density at radius 1 is 1.31 bits per heavy atom. The van der Waals surface area contributed by atoms with Crippen LogP contribution in [0.25, 0.3) is 16.9 Å². The van der Waals surface area contributed by atoms with Gasteiger partial charge in [-0.05, 0) is 26.8 Å². The van der Waals surface area contributed by atoms with Gasteiger partial charge < -0.3 is 10.5 Å². The predicted molar refractivity (Wildman–Crippen MR) is 96.3 cm³/mol. The van der Waals surface area contributed by atoms with E-state index in [4.69, 9.17) is 10.5 Å². The molecule has 7 nitrogen and oxygen atoms in total. The molecule has 0 atom stereocenters. The molecule has 3 rings (SSSR count). The maximum Gasteiger partial charge on any atom is 0.215 e. The summed E-state index contributed by atoms with van der Waals surface area (Å²) in [7, 11) is -3.60. The Kier molecular flexibility index (Phi) is 4.57. The van der Waals surface area contributed by atoms with Crippen LogP contribution in [-0.2, 0) is 9.84 Å². The summed E-state index contributed by atoms with van der Waals surface area (Å²) in [6.07, 6.45) is 2.97. The molecule has 138 valence electrons. The highest BCUT2D eigenvalue weighted by Gasteiger charge is 2.25. The zero-order chi connectivity index (χ0) is 19.1. The van der Waals surface area contributed by atoms with Gasteiger partial charge in [0.05, 0.1) is 23.7 Å². The number of pyridine rings is 2. The summed E-state index contributed by atoms with van der Waals surface area (Å²) in [5, 5.41) is -0.625. The summed E-state index contributed by atoms with van der Waals surface area (Å²) < 4.78 is 46.2. The number of sulfone groups is 1. The van der Waals surface area contributed by atoms with Crippen LogP contribution >= 0.6 is 0 Å². The molecule has 0 spiro atoms. The summed E-state index contributed by atoms with van der Waals surface area (Å²) in [6.45, 7) is 5.29. The molecule has 2 N–H and O–H groups in total. The average molecular weight is 378 g/mol. The van der Waals surface area contributed by atoms with E-state index in [1.807, 2.05) is 0 Å². The lowest BCUT2D eigenvalue weighted by Crippen LogP contribution is -2.16. The van der Waals surface area contributed by atoms with Crippen molar-refractivity contribution >= 4 is 21.3 Å². The summed E-state index contributed by atoms with van der Waals surface area (Å²) >= 11 is 0. The average Bonchev–Trinajstić information content (AvgIpc) is 2.96. The molecule has 0 aliphatic rings. The number of rotatable bonds is 5.